The van der Waals surface area contributed by atoms with E-state index in [0.29, 0.717) is 5.11 Å². The molecule has 0 aliphatic heterocycles. The third-order valence-corrected chi connectivity index (χ3v) is 5.56. The molecule has 25 heavy (non-hydrogen) atoms. The van der Waals surface area contributed by atoms with Gasteiger partial charge in [-0.15, -0.1) is 11.8 Å². The van der Waals surface area contributed by atoms with Crippen molar-refractivity contribution in [1.29, 1.82) is 0 Å². The maximum Gasteiger partial charge on any atom is 0.243 e. The smallest absolute Gasteiger partial charge is 0.243 e. The highest BCUT2D eigenvalue weighted by Crippen LogP contribution is 2.31. The third-order valence-electron chi connectivity index (χ3n) is 3.88. The maximum absolute atomic E-state index is 12.9. The van der Waals surface area contributed by atoms with Gasteiger partial charge in [-0.2, -0.15) is 0 Å². The lowest BCUT2D eigenvalue weighted by molar-refractivity contribution is -0.119. The first-order chi connectivity index (χ1) is 12.2. The van der Waals surface area contributed by atoms with Gasteiger partial charge in [-0.05, 0) is 37.2 Å². The molecule has 1 atom stereocenters. The molecule has 1 amide bonds. The van der Waals surface area contributed by atoms with E-state index in [9.17, 15) is 4.79 Å². The van der Waals surface area contributed by atoms with E-state index in [-0.39, 0.29) is 11.2 Å². The predicted octanol–water partition coefficient (Wildman–Crippen LogP) is 4.40. The van der Waals surface area contributed by atoms with E-state index in [1.165, 1.54) is 5.56 Å². The highest BCUT2D eigenvalue weighted by atomic mass is 32.2. The number of amides is 1. The summed E-state index contributed by atoms with van der Waals surface area (Å²) in [6.45, 7) is 5.62. The Morgan fingerprint density at radius 2 is 1.60 bits per heavy atom. The zero-order valence-electron chi connectivity index (χ0n) is 14.6. The topological polar surface area (TPSA) is 32.3 Å². The van der Waals surface area contributed by atoms with Crippen molar-refractivity contribution in [3.63, 3.8) is 0 Å². The number of thioether (sulfide) groups is 1. The van der Waals surface area contributed by atoms with Gasteiger partial charge < -0.3 is 10.2 Å². The van der Waals surface area contributed by atoms with Crippen molar-refractivity contribution < 1.29 is 4.79 Å². The van der Waals surface area contributed by atoms with Crippen LogP contribution >= 0.6 is 24.0 Å². The van der Waals surface area contributed by atoms with Crippen LogP contribution in [0.5, 0.6) is 0 Å². The van der Waals surface area contributed by atoms with Crippen LogP contribution in [-0.2, 0) is 10.5 Å². The second-order valence-electron chi connectivity index (χ2n) is 5.55. The molecule has 2 rings (SSSR count). The van der Waals surface area contributed by atoms with Crippen LogP contribution in [-0.4, -0.2) is 29.0 Å². The highest BCUT2D eigenvalue weighted by Gasteiger charge is 2.23. The van der Waals surface area contributed by atoms with E-state index < -0.39 is 0 Å². The molecule has 1 N–H and O–H groups in total. The van der Waals surface area contributed by atoms with Gasteiger partial charge in [-0.3, -0.25) is 4.79 Å². The minimum atomic E-state index is -0.296. The van der Waals surface area contributed by atoms with Crippen LogP contribution in [0.1, 0.15) is 30.2 Å². The zero-order chi connectivity index (χ0) is 18.1. The quantitative estimate of drug-likeness (QED) is 0.730. The molecule has 0 aliphatic carbocycles. The van der Waals surface area contributed by atoms with Crippen molar-refractivity contribution in [1.82, 2.24) is 10.2 Å². The fraction of sp³-hybridized carbons (Fsp3) is 0.300. The summed E-state index contributed by atoms with van der Waals surface area (Å²) < 4.78 is 0. The monoisotopic (exact) mass is 372 g/mol. The summed E-state index contributed by atoms with van der Waals surface area (Å²) in [5, 5.41) is 3.11. The molecule has 0 saturated carbocycles. The molecule has 0 aliphatic rings. The summed E-state index contributed by atoms with van der Waals surface area (Å²) in [6.07, 6.45) is 0. The minimum absolute atomic E-state index is 0.0657. The molecule has 0 spiro atoms. The van der Waals surface area contributed by atoms with Gasteiger partial charge in [-0.1, -0.05) is 60.7 Å². The van der Waals surface area contributed by atoms with Gasteiger partial charge in [0.05, 0.1) is 0 Å². The van der Waals surface area contributed by atoms with Crippen molar-refractivity contribution in [2.75, 3.05) is 13.1 Å². The lowest BCUT2D eigenvalue weighted by Gasteiger charge is -2.24. The molecule has 132 valence electrons. The van der Waals surface area contributed by atoms with Gasteiger partial charge in [0, 0.05) is 18.8 Å². The Kier molecular flexibility index (Phi) is 7.95. The first-order valence-corrected chi connectivity index (χ1v) is 9.91. The Morgan fingerprint density at radius 1 is 1.04 bits per heavy atom. The van der Waals surface area contributed by atoms with Gasteiger partial charge in [0.15, 0.2) is 5.11 Å². The van der Waals surface area contributed by atoms with Gasteiger partial charge in [0.25, 0.3) is 0 Å². The number of hydrogen-bond acceptors (Lipinski definition) is 3. The molecule has 0 aromatic heterocycles. The molecule has 2 aromatic rings. The average Bonchev–Trinajstić information content (AvgIpc) is 2.64. The SMILES string of the molecule is CCN(CC)C(=S)NC(=O)[C@@H](SCc1ccccc1)c1ccccc1. The summed E-state index contributed by atoms with van der Waals surface area (Å²) in [5.74, 6) is 0.704. The molecule has 3 nitrogen and oxygen atoms in total. The summed E-state index contributed by atoms with van der Waals surface area (Å²) in [6, 6.07) is 20.0. The fourth-order valence-corrected chi connectivity index (χ4v) is 3.94. The Balaban J connectivity index is 2.11. The van der Waals surface area contributed by atoms with Crippen LogP contribution in [0.4, 0.5) is 0 Å². The summed E-state index contributed by atoms with van der Waals surface area (Å²) in [4.78, 5) is 14.8. The molecular weight excluding hydrogens is 348 g/mol. The third kappa shape index (κ3) is 5.87. The Morgan fingerprint density at radius 3 is 2.16 bits per heavy atom. The molecule has 2 aromatic carbocycles. The number of carbonyl (C=O) groups is 1. The highest BCUT2D eigenvalue weighted by molar-refractivity contribution is 7.99. The Hall–Kier alpha value is -1.85. The summed E-state index contributed by atoms with van der Waals surface area (Å²) in [7, 11) is 0. The number of carbonyl (C=O) groups excluding carboxylic acids is 1. The van der Waals surface area contributed by atoms with Crippen molar-refractivity contribution in [2.45, 2.75) is 24.9 Å². The Bertz CT molecular complexity index is 673. The average molecular weight is 373 g/mol. The molecule has 0 fully saturated rings. The number of thiocarbonyl (C=S) groups is 1. The molecule has 0 heterocycles. The molecule has 0 bridgehead atoms. The first kappa shape index (κ1) is 19.5. The molecule has 0 saturated heterocycles. The lowest BCUT2D eigenvalue weighted by Crippen LogP contribution is -2.43. The van der Waals surface area contributed by atoms with Gasteiger partial charge in [0.2, 0.25) is 5.91 Å². The van der Waals surface area contributed by atoms with Crippen molar-refractivity contribution >= 4 is 35.0 Å². The van der Waals surface area contributed by atoms with Crippen LogP contribution in [0.3, 0.4) is 0 Å². The van der Waals surface area contributed by atoms with Gasteiger partial charge >= 0.3 is 0 Å². The van der Waals surface area contributed by atoms with E-state index in [4.69, 9.17) is 12.2 Å². The van der Waals surface area contributed by atoms with Gasteiger partial charge in [-0.25, -0.2) is 0 Å². The summed E-state index contributed by atoms with van der Waals surface area (Å²) >= 11 is 7.00. The van der Waals surface area contributed by atoms with E-state index in [2.05, 4.69) is 17.4 Å². The van der Waals surface area contributed by atoms with Crippen LogP contribution in [0.25, 0.3) is 0 Å². The number of hydrogen-bond donors (Lipinski definition) is 1. The summed E-state index contributed by atoms with van der Waals surface area (Å²) in [5.41, 5.74) is 2.19. The largest absolute Gasteiger partial charge is 0.350 e. The second-order valence-corrected chi connectivity index (χ2v) is 7.03. The van der Waals surface area contributed by atoms with Crippen LogP contribution in [0.2, 0.25) is 0 Å². The number of nitrogens with one attached hydrogen (secondary N) is 1. The van der Waals surface area contributed by atoms with Crippen molar-refractivity contribution in [2.24, 2.45) is 0 Å². The predicted molar refractivity (Wildman–Crippen MR) is 111 cm³/mol. The Labute approximate surface area is 159 Å². The van der Waals surface area contributed by atoms with Crippen LogP contribution < -0.4 is 5.32 Å². The van der Waals surface area contributed by atoms with E-state index >= 15 is 0 Å². The standard InChI is InChI=1S/C20H24N2OS2/c1-3-22(4-2)20(24)21-19(23)18(17-13-9-6-10-14-17)25-15-16-11-7-5-8-12-16/h5-14,18H,3-4,15H2,1-2H3,(H,21,23,24)/t18-/m0/s1. The first-order valence-electron chi connectivity index (χ1n) is 8.46. The lowest BCUT2D eigenvalue weighted by atomic mass is 10.1. The number of nitrogens with zero attached hydrogens (tertiary/aromatic N) is 1. The van der Waals surface area contributed by atoms with E-state index in [1.807, 2.05) is 67.3 Å². The van der Waals surface area contributed by atoms with Crippen LogP contribution in [0, 0.1) is 0 Å². The molecular formula is C20H24N2OS2. The maximum atomic E-state index is 12.9. The second kappa shape index (κ2) is 10.2. The number of benzene rings is 2. The van der Waals surface area contributed by atoms with Crippen LogP contribution in [0.15, 0.2) is 60.7 Å². The molecule has 0 radical (unpaired) electrons. The molecule has 5 heteroatoms. The van der Waals surface area contributed by atoms with Crippen molar-refractivity contribution in [3.8, 4) is 0 Å². The zero-order valence-corrected chi connectivity index (χ0v) is 16.3. The van der Waals surface area contributed by atoms with Crippen molar-refractivity contribution in [3.05, 3.63) is 71.8 Å². The van der Waals surface area contributed by atoms with E-state index in [1.54, 1.807) is 11.8 Å². The fourth-order valence-electron chi connectivity index (χ4n) is 2.47. The number of rotatable bonds is 7. The van der Waals surface area contributed by atoms with E-state index in [0.717, 1.165) is 24.4 Å². The minimum Gasteiger partial charge on any atom is -0.350 e. The normalized spacial score (nSPS) is 11.6. The van der Waals surface area contributed by atoms with Gasteiger partial charge in [0.1, 0.15) is 5.25 Å². The molecule has 0 unspecified atom stereocenters.